The number of halogens is 2. The average Bonchev–Trinajstić information content (AvgIpc) is 2.36. The van der Waals surface area contributed by atoms with Crippen LogP contribution in [0.1, 0.15) is 12.0 Å². The quantitative estimate of drug-likeness (QED) is 0.935. The minimum Gasteiger partial charge on any atom is -0.311 e. The highest BCUT2D eigenvalue weighted by Crippen LogP contribution is 2.13. The van der Waals surface area contributed by atoms with Crippen molar-refractivity contribution in [2.24, 2.45) is 0 Å². The Bertz CT molecular complexity index is 589. The fraction of sp³-hybridized carbons (Fsp3) is 0.143. The first-order chi connectivity index (χ1) is 9.13. The van der Waals surface area contributed by atoms with Crippen molar-refractivity contribution in [1.82, 2.24) is 4.98 Å². The monoisotopic (exact) mass is 322 g/mol. The van der Waals surface area contributed by atoms with E-state index in [9.17, 15) is 9.18 Å². The van der Waals surface area contributed by atoms with Gasteiger partial charge in [-0.1, -0.05) is 28.1 Å². The van der Waals surface area contributed by atoms with Crippen LogP contribution in [0.2, 0.25) is 0 Å². The van der Waals surface area contributed by atoms with Gasteiger partial charge < -0.3 is 5.32 Å². The Kier molecular flexibility index (Phi) is 4.63. The topological polar surface area (TPSA) is 42.0 Å². The Hall–Kier alpha value is -1.75. The molecule has 0 bridgehead atoms. The number of rotatable bonds is 4. The lowest BCUT2D eigenvalue weighted by Gasteiger charge is -2.05. The van der Waals surface area contributed by atoms with Crippen LogP contribution in [0, 0.1) is 5.82 Å². The molecule has 0 aliphatic rings. The van der Waals surface area contributed by atoms with Crippen molar-refractivity contribution in [2.75, 3.05) is 5.32 Å². The van der Waals surface area contributed by atoms with Crippen LogP contribution < -0.4 is 5.32 Å². The average molecular weight is 323 g/mol. The van der Waals surface area contributed by atoms with E-state index in [2.05, 4.69) is 26.2 Å². The Morgan fingerprint density at radius 1 is 1.32 bits per heavy atom. The predicted octanol–water partition coefficient (Wildman–Crippen LogP) is 3.55. The summed E-state index contributed by atoms with van der Waals surface area (Å²) < 4.78 is 13.8. The standard InChI is InChI=1S/C14H12BrFN2O/c15-11-6-7-17-13(9-11)18-14(19)5-4-10-2-1-3-12(16)8-10/h1-3,6-9H,4-5H2,(H,17,18,19). The zero-order chi connectivity index (χ0) is 13.7. The number of amides is 1. The van der Waals surface area contributed by atoms with Gasteiger partial charge in [0.15, 0.2) is 0 Å². The second-order valence-electron chi connectivity index (χ2n) is 4.04. The molecule has 0 unspecified atom stereocenters. The first kappa shape index (κ1) is 13.7. The zero-order valence-corrected chi connectivity index (χ0v) is 11.7. The van der Waals surface area contributed by atoms with Crippen LogP contribution in [0.5, 0.6) is 0 Å². The molecule has 1 N–H and O–H groups in total. The number of pyridine rings is 1. The third-order valence-corrected chi connectivity index (χ3v) is 3.01. The van der Waals surface area contributed by atoms with Crippen molar-refractivity contribution in [3.8, 4) is 0 Å². The smallest absolute Gasteiger partial charge is 0.225 e. The van der Waals surface area contributed by atoms with E-state index in [1.54, 1.807) is 30.5 Å². The van der Waals surface area contributed by atoms with E-state index in [1.807, 2.05) is 0 Å². The van der Waals surface area contributed by atoms with E-state index in [-0.39, 0.29) is 18.1 Å². The zero-order valence-electron chi connectivity index (χ0n) is 10.1. The third kappa shape index (κ3) is 4.44. The summed E-state index contributed by atoms with van der Waals surface area (Å²) in [6, 6.07) is 9.76. The summed E-state index contributed by atoms with van der Waals surface area (Å²) in [5.41, 5.74) is 0.803. The van der Waals surface area contributed by atoms with Gasteiger partial charge in [0.25, 0.3) is 0 Å². The number of carbonyl (C=O) groups excluding carboxylic acids is 1. The van der Waals surface area contributed by atoms with Crippen LogP contribution in [0.4, 0.5) is 10.2 Å². The Balaban J connectivity index is 1.88. The molecule has 1 aromatic heterocycles. The lowest BCUT2D eigenvalue weighted by atomic mass is 10.1. The summed E-state index contributed by atoms with van der Waals surface area (Å²) in [6.45, 7) is 0. The highest BCUT2D eigenvalue weighted by molar-refractivity contribution is 9.10. The molecule has 3 nitrogen and oxygen atoms in total. The van der Waals surface area contributed by atoms with Crippen LogP contribution in [-0.4, -0.2) is 10.9 Å². The number of anilines is 1. The summed E-state index contributed by atoms with van der Waals surface area (Å²) in [6.07, 6.45) is 2.39. The van der Waals surface area contributed by atoms with Gasteiger partial charge in [-0.25, -0.2) is 9.37 Å². The molecule has 0 spiro atoms. The molecular weight excluding hydrogens is 311 g/mol. The van der Waals surface area contributed by atoms with Gasteiger partial charge in [-0.2, -0.15) is 0 Å². The number of hydrogen-bond donors (Lipinski definition) is 1. The van der Waals surface area contributed by atoms with Crippen molar-refractivity contribution in [1.29, 1.82) is 0 Å². The Morgan fingerprint density at radius 3 is 2.89 bits per heavy atom. The highest BCUT2D eigenvalue weighted by atomic mass is 79.9. The van der Waals surface area contributed by atoms with E-state index in [4.69, 9.17) is 0 Å². The molecule has 0 radical (unpaired) electrons. The molecule has 0 saturated heterocycles. The van der Waals surface area contributed by atoms with Crippen molar-refractivity contribution < 1.29 is 9.18 Å². The summed E-state index contributed by atoms with van der Waals surface area (Å²) >= 11 is 3.30. The number of nitrogens with one attached hydrogen (secondary N) is 1. The number of benzene rings is 1. The molecule has 0 aliphatic carbocycles. The molecule has 2 rings (SSSR count). The second-order valence-corrected chi connectivity index (χ2v) is 4.95. The van der Waals surface area contributed by atoms with Crippen LogP contribution in [0.15, 0.2) is 47.1 Å². The maximum absolute atomic E-state index is 13.0. The summed E-state index contributed by atoms with van der Waals surface area (Å²) in [4.78, 5) is 15.7. The van der Waals surface area contributed by atoms with Gasteiger partial charge in [-0.3, -0.25) is 4.79 Å². The number of aromatic nitrogens is 1. The molecule has 5 heteroatoms. The van der Waals surface area contributed by atoms with E-state index in [1.165, 1.54) is 12.1 Å². The van der Waals surface area contributed by atoms with E-state index >= 15 is 0 Å². The lowest BCUT2D eigenvalue weighted by molar-refractivity contribution is -0.116. The van der Waals surface area contributed by atoms with E-state index in [0.717, 1.165) is 10.0 Å². The fourth-order valence-corrected chi connectivity index (χ4v) is 1.96. The molecule has 0 saturated carbocycles. The van der Waals surface area contributed by atoms with Gasteiger partial charge in [0.05, 0.1) is 0 Å². The maximum Gasteiger partial charge on any atom is 0.225 e. The SMILES string of the molecule is O=C(CCc1cccc(F)c1)Nc1cc(Br)ccn1. The van der Waals surface area contributed by atoms with Crippen LogP contribution >= 0.6 is 15.9 Å². The van der Waals surface area contributed by atoms with Gasteiger partial charge in [0, 0.05) is 17.1 Å². The highest BCUT2D eigenvalue weighted by Gasteiger charge is 2.05. The Labute approximate surface area is 119 Å². The Morgan fingerprint density at radius 2 is 2.16 bits per heavy atom. The second kappa shape index (κ2) is 6.43. The van der Waals surface area contributed by atoms with E-state index < -0.39 is 0 Å². The molecule has 19 heavy (non-hydrogen) atoms. The van der Waals surface area contributed by atoms with Gasteiger partial charge in [-0.05, 0) is 36.2 Å². The predicted molar refractivity (Wildman–Crippen MR) is 75.3 cm³/mol. The normalized spacial score (nSPS) is 10.2. The van der Waals surface area contributed by atoms with Crippen molar-refractivity contribution >= 4 is 27.7 Å². The van der Waals surface area contributed by atoms with Gasteiger partial charge in [0.2, 0.25) is 5.91 Å². The number of hydrogen-bond acceptors (Lipinski definition) is 2. The van der Waals surface area contributed by atoms with Crippen LogP contribution in [0.3, 0.4) is 0 Å². The summed E-state index contributed by atoms with van der Waals surface area (Å²) in [7, 11) is 0. The molecule has 0 fully saturated rings. The molecule has 2 aromatic rings. The molecule has 1 aromatic carbocycles. The summed E-state index contributed by atoms with van der Waals surface area (Å²) in [5, 5.41) is 2.69. The number of carbonyl (C=O) groups is 1. The largest absolute Gasteiger partial charge is 0.311 e. The van der Waals surface area contributed by atoms with Crippen LogP contribution in [-0.2, 0) is 11.2 Å². The first-order valence-electron chi connectivity index (χ1n) is 5.79. The minimum absolute atomic E-state index is 0.144. The van der Waals surface area contributed by atoms with Gasteiger partial charge in [0.1, 0.15) is 11.6 Å². The van der Waals surface area contributed by atoms with Crippen molar-refractivity contribution in [3.63, 3.8) is 0 Å². The molecule has 0 aliphatic heterocycles. The summed E-state index contributed by atoms with van der Waals surface area (Å²) in [5.74, 6) is 0.0695. The molecule has 1 heterocycles. The minimum atomic E-state index is -0.286. The molecular formula is C14H12BrFN2O. The molecule has 0 atom stereocenters. The van der Waals surface area contributed by atoms with Crippen LogP contribution in [0.25, 0.3) is 0 Å². The molecule has 98 valence electrons. The van der Waals surface area contributed by atoms with Gasteiger partial charge in [-0.15, -0.1) is 0 Å². The third-order valence-electron chi connectivity index (χ3n) is 2.52. The lowest BCUT2D eigenvalue weighted by Crippen LogP contribution is -2.13. The fourth-order valence-electron chi connectivity index (χ4n) is 1.63. The number of nitrogens with zero attached hydrogens (tertiary/aromatic N) is 1. The maximum atomic E-state index is 13.0. The number of aryl methyl sites for hydroxylation is 1. The van der Waals surface area contributed by atoms with E-state index in [0.29, 0.717) is 12.2 Å². The van der Waals surface area contributed by atoms with Crippen molar-refractivity contribution in [2.45, 2.75) is 12.8 Å². The van der Waals surface area contributed by atoms with Gasteiger partial charge >= 0.3 is 0 Å². The first-order valence-corrected chi connectivity index (χ1v) is 6.58. The molecule has 1 amide bonds. The van der Waals surface area contributed by atoms with Crippen molar-refractivity contribution in [3.05, 3.63) is 58.4 Å².